The van der Waals surface area contributed by atoms with Crippen molar-refractivity contribution in [1.82, 2.24) is 0 Å². The molecule has 0 spiro atoms. The van der Waals surface area contributed by atoms with Crippen LogP contribution in [0.25, 0.3) is 0 Å². The van der Waals surface area contributed by atoms with Gasteiger partial charge in [-0.1, -0.05) is 68.9 Å². The Balaban J connectivity index is 1.67. The Bertz CT molecular complexity index is 297. The van der Waals surface area contributed by atoms with Crippen LogP contribution in [0.5, 0.6) is 0 Å². The van der Waals surface area contributed by atoms with Crippen molar-refractivity contribution in [1.29, 1.82) is 0 Å². The molecule has 0 amide bonds. The molecule has 0 N–H and O–H groups in total. The van der Waals surface area contributed by atoms with Gasteiger partial charge in [0.1, 0.15) is 0 Å². The van der Waals surface area contributed by atoms with E-state index in [4.69, 9.17) is 0 Å². The molecular weight excluding hydrogens is 235 g/mol. The van der Waals surface area contributed by atoms with Crippen LogP contribution in [0.15, 0.2) is 30.3 Å². The lowest BCUT2D eigenvalue weighted by Gasteiger charge is -2.15. The summed E-state index contributed by atoms with van der Waals surface area (Å²) in [6.45, 7) is 0. The lowest BCUT2D eigenvalue weighted by Crippen LogP contribution is -2.02. The van der Waals surface area contributed by atoms with E-state index >= 15 is 0 Å². The first kappa shape index (κ1) is 14.1. The second-order valence-electron chi connectivity index (χ2n) is 5.59. The molecule has 1 aliphatic carbocycles. The van der Waals surface area contributed by atoms with Gasteiger partial charge in [-0.05, 0) is 36.6 Å². The smallest absolute Gasteiger partial charge is 0.0237 e. The maximum Gasteiger partial charge on any atom is -0.0237 e. The van der Waals surface area contributed by atoms with Crippen molar-refractivity contribution >= 4 is 8.58 Å². The monoisotopic (exact) mass is 262 g/mol. The fourth-order valence-electron chi connectivity index (χ4n) is 2.90. The first-order chi connectivity index (χ1) is 8.95. The highest BCUT2D eigenvalue weighted by Crippen LogP contribution is 2.31. The molecule has 1 atom stereocenters. The van der Waals surface area contributed by atoms with E-state index in [1.807, 2.05) is 0 Å². The standard InChI is InChI=1S/C17H27P/c1-2-4-9-13-17(12-8-3-1)18-15-14-16-10-6-5-7-11-16/h5-7,10-11,17-18H,1-4,8-9,12-15H2. The van der Waals surface area contributed by atoms with Crippen LogP contribution in [0.2, 0.25) is 0 Å². The molecule has 1 unspecified atom stereocenters. The van der Waals surface area contributed by atoms with Gasteiger partial charge in [0.25, 0.3) is 0 Å². The second-order valence-corrected chi connectivity index (χ2v) is 7.31. The minimum absolute atomic E-state index is 1.05. The van der Waals surface area contributed by atoms with E-state index in [9.17, 15) is 0 Å². The molecule has 0 nitrogen and oxygen atoms in total. The quantitative estimate of drug-likeness (QED) is 0.636. The third-order valence-corrected chi connectivity index (χ3v) is 5.74. The van der Waals surface area contributed by atoms with Gasteiger partial charge in [-0.2, -0.15) is 0 Å². The Hall–Kier alpha value is -0.350. The van der Waals surface area contributed by atoms with Crippen molar-refractivity contribution in [2.24, 2.45) is 0 Å². The topological polar surface area (TPSA) is 0 Å². The molecule has 2 rings (SSSR count). The van der Waals surface area contributed by atoms with Crippen LogP contribution < -0.4 is 0 Å². The van der Waals surface area contributed by atoms with Crippen LogP contribution in [0.1, 0.15) is 56.9 Å². The summed E-state index contributed by atoms with van der Waals surface area (Å²) in [5, 5.41) is 0. The highest BCUT2D eigenvalue weighted by atomic mass is 31.1. The van der Waals surface area contributed by atoms with Crippen molar-refractivity contribution in [3.63, 3.8) is 0 Å². The third-order valence-electron chi connectivity index (χ3n) is 4.04. The Morgan fingerprint density at radius 3 is 2.11 bits per heavy atom. The summed E-state index contributed by atoms with van der Waals surface area (Å²) in [5.74, 6) is 0. The molecule has 18 heavy (non-hydrogen) atoms. The normalized spacial score (nSPS) is 19.6. The zero-order valence-electron chi connectivity index (χ0n) is 11.5. The van der Waals surface area contributed by atoms with E-state index in [0.717, 1.165) is 5.66 Å². The van der Waals surface area contributed by atoms with Gasteiger partial charge in [0.05, 0.1) is 0 Å². The van der Waals surface area contributed by atoms with Crippen LogP contribution >= 0.6 is 8.58 Å². The number of benzene rings is 1. The summed E-state index contributed by atoms with van der Waals surface area (Å²) < 4.78 is 0. The number of hydrogen-bond acceptors (Lipinski definition) is 0. The predicted molar refractivity (Wildman–Crippen MR) is 84.1 cm³/mol. The summed E-state index contributed by atoms with van der Waals surface area (Å²) >= 11 is 0. The third kappa shape index (κ3) is 5.53. The average molecular weight is 262 g/mol. The molecule has 1 aromatic rings. The van der Waals surface area contributed by atoms with Gasteiger partial charge in [0, 0.05) is 0 Å². The highest BCUT2D eigenvalue weighted by Gasteiger charge is 2.10. The van der Waals surface area contributed by atoms with Crippen LogP contribution in [0.3, 0.4) is 0 Å². The summed E-state index contributed by atoms with van der Waals surface area (Å²) in [7, 11) is 1.20. The summed E-state index contributed by atoms with van der Waals surface area (Å²) in [4.78, 5) is 0. The van der Waals surface area contributed by atoms with Crippen LogP contribution in [0, 0.1) is 0 Å². The van der Waals surface area contributed by atoms with E-state index in [2.05, 4.69) is 30.3 Å². The van der Waals surface area contributed by atoms with Crippen LogP contribution in [-0.4, -0.2) is 11.8 Å². The van der Waals surface area contributed by atoms with E-state index in [0.29, 0.717) is 0 Å². The zero-order chi connectivity index (χ0) is 12.5. The van der Waals surface area contributed by atoms with Crippen molar-refractivity contribution in [2.75, 3.05) is 6.16 Å². The Morgan fingerprint density at radius 2 is 1.44 bits per heavy atom. The van der Waals surface area contributed by atoms with Crippen molar-refractivity contribution in [3.05, 3.63) is 35.9 Å². The largest absolute Gasteiger partial charge is 0.119 e. The van der Waals surface area contributed by atoms with E-state index in [1.54, 1.807) is 0 Å². The SMILES string of the molecule is c1ccc(CCPC2CCCCCCCC2)cc1. The maximum atomic E-state index is 2.27. The van der Waals surface area contributed by atoms with Crippen molar-refractivity contribution in [3.8, 4) is 0 Å². The van der Waals surface area contributed by atoms with Crippen LogP contribution in [0.4, 0.5) is 0 Å². The number of hydrogen-bond donors (Lipinski definition) is 0. The first-order valence-electron chi connectivity index (χ1n) is 7.72. The predicted octanol–water partition coefficient (Wildman–Crippen LogP) is 5.41. The van der Waals surface area contributed by atoms with E-state index in [1.165, 1.54) is 78.1 Å². The minimum Gasteiger partial charge on any atom is -0.119 e. The molecule has 1 saturated carbocycles. The molecule has 1 heteroatoms. The summed E-state index contributed by atoms with van der Waals surface area (Å²) in [6, 6.07) is 11.0. The van der Waals surface area contributed by atoms with Gasteiger partial charge in [-0.15, -0.1) is 8.58 Å². The molecule has 0 radical (unpaired) electrons. The van der Waals surface area contributed by atoms with E-state index < -0.39 is 0 Å². The van der Waals surface area contributed by atoms with Crippen molar-refractivity contribution < 1.29 is 0 Å². The van der Waals surface area contributed by atoms with Gasteiger partial charge >= 0.3 is 0 Å². The molecule has 100 valence electrons. The highest BCUT2D eigenvalue weighted by molar-refractivity contribution is 7.38. The molecule has 0 heterocycles. The molecule has 1 aromatic carbocycles. The fraction of sp³-hybridized carbons (Fsp3) is 0.647. The zero-order valence-corrected chi connectivity index (χ0v) is 12.5. The summed E-state index contributed by atoms with van der Waals surface area (Å²) in [6.07, 6.45) is 14.6. The van der Waals surface area contributed by atoms with Gasteiger partial charge in [-0.3, -0.25) is 0 Å². The van der Waals surface area contributed by atoms with Crippen molar-refractivity contribution in [2.45, 2.75) is 63.4 Å². The first-order valence-corrected chi connectivity index (χ1v) is 9.01. The second kappa shape index (κ2) is 8.70. The number of aryl methyl sites for hydroxylation is 1. The molecule has 1 aliphatic rings. The molecular formula is C17H27P. The minimum atomic E-state index is 1.05. The van der Waals surface area contributed by atoms with Crippen LogP contribution in [-0.2, 0) is 6.42 Å². The summed E-state index contributed by atoms with van der Waals surface area (Å²) in [5.41, 5.74) is 2.57. The van der Waals surface area contributed by atoms with Gasteiger partial charge in [0.15, 0.2) is 0 Å². The molecule has 0 saturated heterocycles. The molecule has 0 aliphatic heterocycles. The maximum absolute atomic E-state index is 2.27. The Kier molecular flexibility index (Phi) is 6.80. The van der Waals surface area contributed by atoms with Gasteiger partial charge in [-0.25, -0.2) is 0 Å². The van der Waals surface area contributed by atoms with E-state index in [-0.39, 0.29) is 0 Å². The lowest BCUT2D eigenvalue weighted by molar-refractivity contribution is 0.624. The Morgan fingerprint density at radius 1 is 0.833 bits per heavy atom. The Labute approximate surface area is 114 Å². The lowest BCUT2D eigenvalue weighted by atomic mass is 10.1. The molecule has 1 fully saturated rings. The molecule has 0 aromatic heterocycles. The molecule has 0 bridgehead atoms. The van der Waals surface area contributed by atoms with Gasteiger partial charge < -0.3 is 0 Å². The number of rotatable bonds is 4. The van der Waals surface area contributed by atoms with Gasteiger partial charge in [0.2, 0.25) is 0 Å². The average Bonchev–Trinajstić information content (AvgIpc) is 2.54. The fourth-order valence-corrected chi connectivity index (χ4v) is 4.56.